The standard InChI is InChI=1S/C13H15BrN2OS/c1-17-12-3-2-9(7-11(12)14)6-10(8-15)13-16-4-5-18-13/h2-5,7,10H,6,8,15H2,1H3. The fourth-order valence-electron chi connectivity index (χ4n) is 1.83. The van der Waals surface area contributed by atoms with Crippen LogP contribution < -0.4 is 10.5 Å². The third kappa shape index (κ3) is 3.10. The van der Waals surface area contributed by atoms with E-state index < -0.39 is 0 Å². The van der Waals surface area contributed by atoms with E-state index in [2.05, 4.69) is 33.0 Å². The molecule has 18 heavy (non-hydrogen) atoms. The zero-order valence-electron chi connectivity index (χ0n) is 10.1. The van der Waals surface area contributed by atoms with Crippen molar-refractivity contribution < 1.29 is 4.74 Å². The fourth-order valence-corrected chi connectivity index (χ4v) is 3.17. The van der Waals surface area contributed by atoms with E-state index in [9.17, 15) is 0 Å². The number of methoxy groups -OCH3 is 1. The second-order valence-corrected chi connectivity index (χ2v) is 5.76. The zero-order chi connectivity index (χ0) is 13.0. The first kappa shape index (κ1) is 13.5. The lowest BCUT2D eigenvalue weighted by Gasteiger charge is -2.13. The quantitative estimate of drug-likeness (QED) is 0.917. The lowest BCUT2D eigenvalue weighted by Crippen LogP contribution is -2.14. The molecule has 2 aromatic rings. The summed E-state index contributed by atoms with van der Waals surface area (Å²) < 4.78 is 6.19. The van der Waals surface area contributed by atoms with E-state index in [1.165, 1.54) is 5.56 Å². The first-order chi connectivity index (χ1) is 8.74. The number of hydrogen-bond acceptors (Lipinski definition) is 4. The summed E-state index contributed by atoms with van der Waals surface area (Å²) in [6, 6.07) is 6.11. The first-order valence-corrected chi connectivity index (χ1v) is 7.33. The molecule has 0 aliphatic carbocycles. The van der Waals surface area contributed by atoms with Crippen LogP contribution in [0.5, 0.6) is 5.75 Å². The molecule has 0 saturated heterocycles. The molecule has 0 radical (unpaired) electrons. The SMILES string of the molecule is COc1ccc(CC(CN)c2nccs2)cc1Br. The van der Waals surface area contributed by atoms with Gasteiger partial charge in [-0.25, -0.2) is 4.98 Å². The van der Waals surface area contributed by atoms with Gasteiger partial charge in [-0.3, -0.25) is 0 Å². The van der Waals surface area contributed by atoms with Gasteiger partial charge in [0.05, 0.1) is 16.6 Å². The molecule has 0 spiro atoms. The molecular weight excluding hydrogens is 312 g/mol. The third-order valence-electron chi connectivity index (χ3n) is 2.78. The van der Waals surface area contributed by atoms with E-state index in [-0.39, 0.29) is 5.92 Å². The maximum Gasteiger partial charge on any atom is 0.133 e. The van der Waals surface area contributed by atoms with Crippen molar-refractivity contribution in [2.45, 2.75) is 12.3 Å². The highest BCUT2D eigenvalue weighted by atomic mass is 79.9. The molecule has 3 nitrogen and oxygen atoms in total. The first-order valence-electron chi connectivity index (χ1n) is 5.66. The van der Waals surface area contributed by atoms with Crippen LogP contribution in [0.4, 0.5) is 0 Å². The number of rotatable bonds is 5. The molecule has 1 aromatic heterocycles. The monoisotopic (exact) mass is 326 g/mol. The Bertz CT molecular complexity index is 502. The second-order valence-electron chi connectivity index (χ2n) is 3.98. The van der Waals surface area contributed by atoms with Crippen molar-refractivity contribution >= 4 is 27.3 Å². The van der Waals surface area contributed by atoms with Crippen LogP contribution in [0, 0.1) is 0 Å². The zero-order valence-corrected chi connectivity index (χ0v) is 12.5. The molecule has 1 aromatic carbocycles. The molecule has 1 unspecified atom stereocenters. The van der Waals surface area contributed by atoms with Gasteiger partial charge in [0.2, 0.25) is 0 Å². The van der Waals surface area contributed by atoms with Crippen molar-refractivity contribution in [1.29, 1.82) is 0 Å². The molecule has 96 valence electrons. The van der Waals surface area contributed by atoms with Crippen molar-refractivity contribution in [3.63, 3.8) is 0 Å². The predicted molar refractivity (Wildman–Crippen MR) is 78.3 cm³/mol. The van der Waals surface area contributed by atoms with Gasteiger partial charge < -0.3 is 10.5 Å². The summed E-state index contributed by atoms with van der Waals surface area (Å²) in [7, 11) is 1.66. The van der Waals surface area contributed by atoms with Crippen LogP contribution in [0.1, 0.15) is 16.5 Å². The molecule has 0 bridgehead atoms. The van der Waals surface area contributed by atoms with Crippen molar-refractivity contribution in [1.82, 2.24) is 4.98 Å². The fraction of sp³-hybridized carbons (Fsp3) is 0.308. The number of hydrogen-bond donors (Lipinski definition) is 1. The molecule has 0 amide bonds. The van der Waals surface area contributed by atoms with E-state index in [0.29, 0.717) is 6.54 Å². The van der Waals surface area contributed by atoms with E-state index in [0.717, 1.165) is 21.7 Å². The highest BCUT2D eigenvalue weighted by Crippen LogP contribution is 2.28. The van der Waals surface area contributed by atoms with Gasteiger partial charge in [0.25, 0.3) is 0 Å². The Kier molecular flexibility index (Phi) is 4.74. The van der Waals surface area contributed by atoms with Crippen LogP contribution in [-0.2, 0) is 6.42 Å². The van der Waals surface area contributed by atoms with E-state index in [1.54, 1.807) is 18.4 Å². The molecule has 1 heterocycles. The number of nitrogens with zero attached hydrogens (tertiary/aromatic N) is 1. The minimum absolute atomic E-state index is 0.283. The van der Waals surface area contributed by atoms with E-state index >= 15 is 0 Å². The van der Waals surface area contributed by atoms with Gasteiger partial charge in [-0.15, -0.1) is 11.3 Å². The van der Waals surface area contributed by atoms with Gasteiger partial charge in [-0.05, 0) is 40.0 Å². The number of thiazole rings is 1. The summed E-state index contributed by atoms with van der Waals surface area (Å²) in [6.45, 7) is 0.608. The van der Waals surface area contributed by atoms with Crippen molar-refractivity contribution in [2.75, 3.05) is 13.7 Å². The van der Waals surface area contributed by atoms with Gasteiger partial charge >= 0.3 is 0 Å². The van der Waals surface area contributed by atoms with Crippen LogP contribution in [0.15, 0.2) is 34.2 Å². The second kappa shape index (κ2) is 6.31. The molecule has 2 N–H and O–H groups in total. The van der Waals surface area contributed by atoms with Gasteiger partial charge in [0, 0.05) is 24.0 Å². The van der Waals surface area contributed by atoms with Crippen molar-refractivity contribution in [3.8, 4) is 5.75 Å². The molecule has 2 rings (SSSR count). The Hall–Kier alpha value is -0.910. The topological polar surface area (TPSA) is 48.1 Å². The maximum atomic E-state index is 5.84. The Morgan fingerprint density at radius 3 is 2.89 bits per heavy atom. The third-order valence-corrected chi connectivity index (χ3v) is 4.34. The Balaban J connectivity index is 2.15. The number of nitrogens with two attached hydrogens (primary N) is 1. The molecule has 0 fully saturated rings. The lowest BCUT2D eigenvalue weighted by molar-refractivity contribution is 0.412. The smallest absolute Gasteiger partial charge is 0.133 e. The number of aromatic nitrogens is 1. The minimum atomic E-state index is 0.283. The highest BCUT2D eigenvalue weighted by Gasteiger charge is 2.14. The summed E-state index contributed by atoms with van der Waals surface area (Å²) in [4.78, 5) is 4.34. The Morgan fingerprint density at radius 2 is 2.33 bits per heavy atom. The number of halogens is 1. The Labute approximate surface area is 119 Å². The molecule has 0 aliphatic rings. The van der Waals surface area contributed by atoms with Crippen LogP contribution in [0.2, 0.25) is 0 Å². The molecule has 0 saturated carbocycles. The largest absolute Gasteiger partial charge is 0.496 e. The summed E-state index contributed by atoms with van der Waals surface area (Å²) in [6.07, 6.45) is 2.72. The summed E-state index contributed by atoms with van der Waals surface area (Å²) in [5.74, 6) is 1.13. The minimum Gasteiger partial charge on any atom is -0.496 e. The number of benzene rings is 1. The lowest BCUT2D eigenvalue weighted by atomic mass is 10.00. The number of ether oxygens (including phenoxy) is 1. The van der Waals surface area contributed by atoms with Crippen molar-refractivity contribution in [3.05, 3.63) is 44.8 Å². The van der Waals surface area contributed by atoms with Crippen LogP contribution in [0.25, 0.3) is 0 Å². The van der Waals surface area contributed by atoms with Crippen molar-refractivity contribution in [2.24, 2.45) is 5.73 Å². The summed E-state index contributed by atoms with van der Waals surface area (Å²) in [5, 5.41) is 3.09. The summed E-state index contributed by atoms with van der Waals surface area (Å²) in [5.41, 5.74) is 7.07. The average Bonchev–Trinajstić information content (AvgIpc) is 2.90. The van der Waals surface area contributed by atoms with Gasteiger partial charge in [-0.1, -0.05) is 6.07 Å². The normalized spacial score (nSPS) is 12.4. The van der Waals surface area contributed by atoms with E-state index in [4.69, 9.17) is 10.5 Å². The van der Waals surface area contributed by atoms with Crippen LogP contribution in [0.3, 0.4) is 0 Å². The summed E-state index contributed by atoms with van der Waals surface area (Å²) >= 11 is 5.16. The van der Waals surface area contributed by atoms with Crippen LogP contribution in [-0.4, -0.2) is 18.6 Å². The highest BCUT2D eigenvalue weighted by molar-refractivity contribution is 9.10. The van der Waals surface area contributed by atoms with Gasteiger partial charge in [0.15, 0.2) is 0 Å². The van der Waals surface area contributed by atoms with Crippen LogP contribution >= 0.6 is 27.3 Å². The Morgan fingerprint density at radius 1 is 1.50 bits per heavy atom. The molecule has 1 atom stereocenters. The predicted octanol–water partition coefficient (Wildman–Crippen LogP) is 3.20. The average molecular weight is 327 g/mol. The van der Waals surface area contributed by atoms with E-state index in [1.807, 2.05) is 17.6 Å². The maximum absolute atomic E-state index is 5.84. The molecular formula is C13H15BrN2OS. The van der Waals surface area contributed by atoms with Gasteiger partial charge in [-0.2, -0.15) is 0 Å². The van der Waals surface area contributed by atoms with Gasteiger partial charge in [0.1, 0.15) is 5.75 Å². The molecule has 0 aliphatic heterocycles. The molecule has 5 heteroatoms.